The van der Waals surface area contributed by atoms with Crippen molar-refractivity contribution in [2.75, 3.05) is 18.6 Å². The maximum atomic E-state index is 12.9. The quantitative estimate of drug-likeness (QED) is 0.458. The SMILES string of the molecule is CN1C(=O)[C@@H](NC(=O)c2ncc(Cl)c(-c3cccc4[nH]cnc34)n2)COc2cc(Cl)cnc21. The van der Waals surface area contributed by atoms with Crippen LogP contribution in [0.3, 0.4) is 0 Å². The number of aromatic amines is 1. The van der Waals surface area contributed by atoms with E-state index in [4.69, 9.17) is 27.9 Å². The standard InChI is InChI=1S/C21H15Cl2N7O3/c1-30-19-15(5-10(22)6-25-19)33-8-14(21(30)32)28-20(31)18-24-7-12(23)16(29-18)11-3-2-4-13-17(11)27-9-26-13/h2-7,9,14H,8H2,1H3,(H,26,27)(H,28,31)/t14-/m0/s1. The van der Waals surface area contributed by atoms with Crippen LogP contribution >= 0.6 is 23.2 Å². The number of hydrogen-bond acceptors (Lipinski definition) is 7. The third kappa shape index (κ3) is 3.83. The van der Waals surface area contributed by atoms with Gasteiger partial charge in [-0.05, 0) is 6.07 Å². The van der Waals surface area contributed by atoms with E-state index in [0.717, 1.165) is 5.52 Å². The van der Waals surface area contributed by atoms with Gasteiger partial charge in [0, 0.05) is 24.9 Å². The predicted molar refractivity (Wildman–Crippen MR) is 122 cm³/mol. The maximum Gasteiger partial charge on any atom is 0.289 e. The summed E-state index contributed by atoms with van der Waals surface area (Å²) >= 11 is 12.3. The number of H-pyrrole nitrogens is 1. The molecule has 0 radical (unpaired) electrons. The Morgan fingerprint density at radius 2 is 2.09 bits per heavy atom. The van der Waals surface area contributed by atoms with Crippen LogP contribution in [0, 0.1) is 0 Å². The van der Waals surface area contributed by atoms with Crippen molar-refractivity contribution in [3.8, 4) is 17.0 Å². The third-order valence-electron chi connectivity index (χ3n) is 5.11. The van der Waals surface area contributed by atoms with Gasteiger partial charge in [0.2, 0.25) is 5.82 Å². The lowest BCUT2D eigenvalue weighted by Crippen LogP contribution is -2.49. The second kappa shape index (κ2) is 8.30. The van der Waals surface area contributed by atoms with E-state index in [0.29, 0.717) is 33.4 Å². The van der Waals surface area contributed by atoms with Crippen molar-refractivity contribution < 1.29 is 14.3 Å². The van der Waals surface area contributed by atoms with Crippen LogP contribution in [0.15, 0.2) is 43.0 Å². The van der Waals surface area contributed by atoms with Gasteiger partial charge >= 0.3 is 0 Å². The number of nitrogens with zero attached hydrogens (tertiary/aromatic N) is 5. The number of imidazole rings is 1. The van der Waals surface area contributed by atoms with E-state index in [2.05, 4.69) is 30.2 Å². The van der Waals surface area contributed by atoms with Gasteiger partial charge < -0.3 is 15.0 Å². The molecule has 1 aliphatic heterocycles. The number of halogens is 2. The second-order valence-corrected chi connectivity index (χ2v) is 8.05. The number of pyridine rings is 1. The number of hydrogen-bond donors (Lipinski definition) is 2. The average molecular weight is 484 g/mol. The molecular formula is C21H15Cl2N7O3. The fourth-order valence-electron chi connectivity index (χ4n) is 3.50. The van der Waals surface area contributed by atoms with Gasteiger partial charge in [0.15, 0.2) is 11.6 Å². The molecule has 0 saturated heterocycles. The summed E-state index contributed by atoms with van der Waals surface area (Å²) in [6.45, 7) is -0.114. The van der Waals surface area contributed by atoms with Crippen LogP contribution < -0.4 is 15.0 Å². The Morgan fingerprint density at radius 3 is 2.94 bits per heavy atom. The number of fused-ring (bicyclic) bond motifs is 2. The van der Waals surface area contributed by atoms with Gasteiger partial charge in [0.25, 0.3) is 11.8 Å². The lowest BCUT2D eigenvalue weighted by molar-refractivity contribution is -0.120. The van der Waals surface area contributed by atoms with E-state index >= 15 is 0 Å². The normalized spacial score (nSPS) is 15.7. The number of rotatable bonds is 3. The minimum Gasteiger partial charge on any atom is -0.487 e. The van der Waals surface area contributed by atoms with Crippen LogP contribution in [0.1, 0.15) is 10.6 Å². The number of aromatic nitrogens is 5. The summed E-state index contributed by atoms with van der Waals surface area (Å²) in [6.07, 6.45) is 4.31. The topological polar surface area (TPSA) is 126 Å². The van der Waals surface area contributed by atoms with Crippen LogP contribution in [0.25, 0.3) is 22.3 Å². The lowest BCUT2D eigenvalue weighted by Gasteiger charge is -2.19. The summed E-state index contributed by atoms with van der Waals surface area (Å²) < 4.78 is 5.67. The molecule has 166 valence electrons. The van der Waals surface area contributed by atoms with Crippen LogP contribution in [-0.2, 0) is 4.79 Å². The highest BCUT2D eigenvalue weighted by atomic mass is 35.5. The number of amides is 2. The van der Waals surface area contributed by atoms with Gasteiger partial charge in [0.05, 0.1) is 39.3 Å². The summed E-state index contributed by atoms with van der Waals surface area (Å²) in [6, 6.07) is 6.05. The molecule has 1 atom stereocenters. The zero-order valence-corrected chi connectivity index (χ0v) is 18.6. The van der Waals surface area contributed by atoms with Crippen LogP contribution in [-0.4, -0.2) is 56.4 Å². The highest BCUT2D eigenvalue weighted by molar-refractivity contribution is 6.33. The lowest BCUT2D eigenvalue weighted by atomic mass is 10.1. The van der Waals surface area contributed by atoms with Crippen molar-refractivity contribution in [1.82, 2.24) is 30.2 Å². The van der Waals surface area contributed by atoms with Crippen molar-refractivity contribution >= 4 is 51.9 Å². The summed E-state index contributed by atoms with van der Waals surface area (Å²) in [5.41, 5.74) is 2.44. The Hall–Kier alpha value is -3.76. The number of benzene rings is 1. The molecule has 5 rings (SSSR count). The van der Waals surface area contributed by atoms with Gasteiger partial charge in [0.1, 0.15) is 12.6 Å². The van der Waals surface area contributed by atoms with Gasteiger partial charge in [-0.3, -0.25) is 14.5 Å². The van der Waals surface area contributed by atoms with Crippen molar-refractivity contribution in [3.05, 3.63) is 58.9 Å². The highest BCUT2D eigenvalue weighted by Gasteiger charge is 2.32. The zero-order chi connectivity index (χ0) is 23.1. The molecule has 0 bridgehead atoms. The molecule has 0 aliphatic carbocycles. The Bertz CT molecular complexity index is 1410. The third-order valence-corrected chi connectivity index (χ3v) is 5.59. The summed E-state index contributed by atoms with van der Waals surface area (Å²) in [5, 5.41) is 3.25. The molecule has 33 heavy (non-hydrogen) atoms. The fourth-order valence-corrected chi connectivity index (χ4v) is 3.84. The molecule has 10 nitrogen and oxygen atoms in total. The van der Waals surface area contributed by atoms with Crippen molar-refractivity contribution in [1.29, 1.82) is 0 Å². The molecule has 1 aromatic carbocycles. The van der Waals surface area contributed by atoms with Crippen molar-refractivity contribution in [2.45, 2.75) is 6.04 Å². The molecule has 1 aliphatic rings. The molecule has 0 fully saturated rings. The first-order valence-electron chi connectivity index (χ1n) is 9.74. The molecule has 0 unspecified atom stereocenters. The maximum absolute atomic E-state index is 12.9. The van der Waals surface area contributed by atoms with E-state index in [1.165, 1.54) is 24.3 Å². The summed E-state index contributed by atoms with van der Waals surface area (Å²) in [7, 11) is 1.54. The molecule has 0 spiro atoms. The zero-order valence-electron chi connectivity index (χ0n) is 17.0. The second-order valence-electron chi connectivity index (χ2n) is 7.20. The first-order chi connectivity index (χ1) is 15.9. The molecule has 3 aromatic heterocycles. The number of nitrogens with one attached hydrogen (secondary N) is 2. The minimum absolute atomic E-state index is 0.114. The first-order valence-corrected chi connectivity index (χ1v) is 10.5. The van der Waals surface area contributed by atoms with Crippen molar-refractivity contribution in [2.24, 2.45) is 0 Å². The van der Waals surface area contributed by atoms with E-state index < -0.39 is 17.9 Å². The Morgan fingerprint density at radius 1 is 1.24 bits per heavy atom. The van der Waals surface area contributed by atoms with Crippen LogP contribution in [0.4, 0.5) is 5.82 Å². The van der Waals surface area contributed by atoms with Gasteiger partial charge in [-0.25, -0.2) is 19.9 Å². The molecule has 4 aromatic rings. The monoisotopic (exact) mass is 483 g/mol. The van der Waals surface area contributed by atoms with Gasteiger partial charge in [-0.1, -0.05) is 35.3 Å². The predicted octanol–water partition coefficient (Wildman–Crippen LogP) is 2.88. The number of carbonyl (C=O) groups is 2. The van der Waals surface area contributed by atoms with E-state index in [1.807, 2.05) is 12.1 Å². The largest absolute Gasteiger partial charge is 0.487 e. The molecule has 12 heteroatoms. The van der Waals surface area contributed by atoms with E-state index in [9.17, 15) is 9.59 Å². The first kappa shape index (κ1) is 21.1. The number of ether oxygens (including phenoxy) is 1. The molecule has 0 saturated carbocycles. The number of carbonyl (C=O) groups excluding carboxylic acids is 2. The average Bonchev–Trinajstić information content (AvgIpc) is 3.26. The van der Waals surface area contributed by atoms with E-state index in [-0.39, 0.29) is 17.5 Å². The van der Waals surface area contributed by atoms with Crippen LogP contribution in [0.2, 0.25) is 10.0 Å². The highest BCUT2D eigenvalue weighted by Crippen LogP contribution is 2.31. The molecule has 2 amide bonds. The molecule has 2 N–H and O–H groups in total. The summed E-state index contributed by atoms with van der Waals surface area (Å²) in [4.78, 5) is 47.0. The Kier molecular flexibility index (Phi) is 5.31. The minimum atomic E-state index is -0.993. The van der Waals surface area contributed by atoms with Crippen molar-refractivity contribution in [3.63, 3.8) is 0 Å². The van der Waals surface area contributed by atoms with Crippen LogP contribution in [0.5, 0.6) is 5.75 Å². The van der Waals surface area contributed by atoms with E-state index in [1.54, 1.807) is 18.5 Å². The number of likely N-dealkylation sites (N-methyl/N-ethyl adjacent to an activating group) is 1. The molecular weight excluding hydrogens is 469 g/mol. The Labute approximate surface area is 196 Å². The number of para-hydroxylation sites is 1. The Balaban J connectivity index is 1.42. The fraction of sp³-hybridized carbons (Fsp3) is 0.143. The smallest absolute Gasteiger partial charge is 0.289 e. The molecule has 4 heterocycles. The number of anilines is 1. The summed E-state index contributed by atoms with van der Waals surface area (Å²) in [5.74, 6) is -0.576. The van der Waals surface area contributed by atoms with Gasteiger partial charge in [-0.15, -0.1) is 0 Å². The van der Waals surface area contributed by atoms with Gasteiger partial charge in [-0.2, -0.15) is 0 Å².